The maximum absolute atomic E-state index is 11.9. The fourth-order valence-electron chi connectivity index (χ4n) is 2.92. The van der Waals surface area contributed by atoms with Crippen LogP contribution in [0.3, 0.4) is 0 Å². The van der Waals surface area contributed by atoms with Gasteiger partial charge < -0.3 is 5.32 Å². The second kappa shape index (κ2) is 6.23. The van der Waals surface area contributed by atoms with Crippen molar-refractivity contribution in [3.63, 3.8) is 0 Å². The second-order valence-corrected chi connectivity index (χ2v) is 9.00. The first kappa shape index (κ1) is 16.2. The molecule has 4 rings (SSSR count). The normalized spacial score (nSPS) is 19.2. The summed E-state index contributed by atoms with van der Waals surface area (Å²) in [7, 11) is -1.20. The lowest BCUT2D eigenvalue weighted by molar-refractivity contribution is 0.504. The summed E-state index contributed by atoms with van der Waals surface area (Å²) in [6, 6.07) is 9.47. The number of benzene rings is 1. The van der Waals surface area contributed by atoms with Crippen molar-refractivity contribution in [2.75, 3.05) is 23.9 Å². The van der Waals surface area contributed by atoms with E-state index in [2.05, 4.69) is 20.4 Å². The minimum absolute atomic E-state index is 0.0978. The van der Waals surface area contributed by atoms with Gasteiger partial charge in [0.2, 0.25) is 0 Å². The molecule has 0 radical (unpaired) electrons. The smallest absolute Gasteiger partial charge is 0.183 e. The minimum atomic E-state index is -3.02. The van der Waals surface area contributed by atoms with E-state index in [-0.39, 0.29) is 17.5 Å². The summed E-state index contributed by atoms with van der Waals surface area (Å²) >= 11 is 1.48. The van der Waals surface area contributed by atoms with Gasteiger partial charge in [-0.05, 0) is 6.42 Å². The summed E-state index contributed by atoms with van der Waals surface area (Å²) in [6.07, 6.45) is 0.552. The average molecular weight is 375 g/mol. The molecule has 7 nitrogen and oxygen atoms in total. The zero-order chi connectivity index (χ0) is 17.4. The van der Waals surface area contributed by atoms with Crippen molar-refractivity contribution >= 4 is 26.3 Å². The Labute approximate surface area is 149 Å². The Kier molecular flexibility index (Phi) is 4.04. The van der Waals surface area contributed by atoms with Crippen molar-refractivity contribution in [1.82, 2.24) is 19.7 Å². The van der Waals surface area contributed by atoms with Gasteiger partial charge in [-0.1, -0.05) is 30.3 Å². The molecule has 25 heavy (non-hydrogen) atoms. The van der Waals surface area contributed by atoms with E-state index in [0.717, 1.165) is 10.7 Å². The molecular formula is C16H17N5O2S2. The van der Waals surface area contributed by atoms with Crippen LogP contribution in [0.5, 0.6) is 0 Å². The first-order valence-electron chi connectivity index (χ1n) is 7.92. The molecule has 0 aliphatic carbocycles. The molecule has 0 unspecified atom stereocenters. The van der Waals surface area contributed by atoms with E-state index < -0.39 is 9.84 Å². The number of nitrogens with one attached hydrogen (secondary N) is 1. The highest BCUT2D eigenvalue weighted by Crippen LogP contribution is 2.31. The molecule has 3 heterocycles. The Morgan fingerprint density at radius 1 is 1.24 bits per heavy atom. The van der Waals surface area contributed by atoms with E-state index in [1.165, 1.54) is 11.3 Å². The Bertz CT molecular complexity index is 995. The molecule has 9 heteroatoms. The lowest BCUT2D eigenvalue weighted by Gasteiger charge is -2.10. The van der Waals surface area contributed by atoms with E-state index in [9.17, 15) is 8.42 Å². The van der Waals surface area contributed by atoms with Gasteiger partial charge in [0.25, 0.3) is 0 Å². The highest BCUT2D eigenvalue weighted by atomic mass is 32.2. The number of hydrogen-bond donors (Lipinski definition) is 1. The average Bonchev–Trinajstić information content (AvgIpc) is 3.32. The standard InChI is InChI=1S/C16H17N5O2S2/c1-17-16-18-13(9-24-16)15-19-14(11-5-3-2-4-6-11)20-21(15)12-7-8-25(22,23)10-12/h2-6,9,12H,7-8,10H2,1H3,(H,17,18)/t12-/m1/s1. The molecule has 130 valence electrons. The fraction of sp³-hybridized carbons (Fsp3) is 0.312. The summed E-state index contributed by atoms with van der Waals surface area (Å²) < 4.78 is 25.5. The van der Waals surface area contributed by atoms with E-state index in [1.807, 2.05) is 42.8 Å². The zero-order valence-corrected chi connectivity index (χ0v) is 15.2. The van der Waals surface area contributed by atoms with Crippen LogP contribution in [0.25, 0.3) is 22.9 Å². The summed E-state index contributed by atoms with van der Waals surface area (Å²) in [4.78, 5) is 9.17. The fourth-order valence-corrected chi connectivity index (χ4v) is 5.26. The maximum atomic E-state index is 11.9. The molecule has 1 aliphatic heterocycles. The van der Waals surface area contributed by atoms with Gasteiger partial charge in [-0.15, -0.1) is 11.3 Å². The van der Waals surface area contributed by atoms with Gasteiger partial charge in [-0.2, -0.15) is 5.10 Å². The van der Waals surface area contributed by atoms with Crippen LogP contribution in [0.4, 0.5) is 5.13 Å². The van der Waals surface area contributed by atoms with E-state index in [4.69, 9.17) is 0 Å². The third kappa shape index (κ3) is 3.16. The zero-order valence-electron chi connectivity index (χ0n) is 13.6. The van der Waals surface area contributed by atoms with Gasteiger partial charge in [-0.3, -0.25) is 0 Å². The molecule has 1 atom stereocenters. The first-order chi connectivity index (χ1) is 12.1. The van der Waals surface area contributed by atoms with Crippen LogP contribution < -0.4 is 5.32 Å². The van der Waals surface area contributed by atoms with Crippen LogP contribution in [0.2, 0.25) is 0 Å². The predicted molar refractivity (Wildman–Crippen MR) is 98.4 cm³/mol. The van der Waals surface area contributed by atoms with Crippen LogP contribution in [0.15, 0.2) is 35.7 Å². The topological polar surface area (TPSA) is 89.8 Å². The Morgan fingerprint density at radius 2 is 2.04 bits per heavy atom. The van der Waals surface area contributed by atoms with Crippen molar-refractivity contribution in [3.8, 4) is 22.9 Å². The molecule has 1 N–H and O–H groups in total. The van der Waals surface area contributed by atoms with Crippen LogP contribution in [-0.4, -0.2) is 46.7 Å². The minimum Gasteiger partial charge on any atom is -0.365 e. The molecular weight excluding hydrogens is 358 g/mol. The van der Waals surface area contributed by atoms with Gasteiger partial charge in [0.1, 0.15) is 5.69 Å². The lowest BCUT2D eigenvalue weighted by atomic mass is 10.2. The number of thiazole rings is 1. The van der Waals surface area contributed by atoms with Crippen molar-refractivity contribution in [1.29, 1.82) is 0 Å². The van der Waals surface area contributed by atoms with Gasteiger partial charge in [0, 0.05) is 18.0 Å². The predicted octanol–water partition coefficient (Wildman–Crippen LogP) is 2.47. The quantitative estimate of drug-likeness (QED) is 0.753. The van der Waals surface area contributed by atoms with Crippen LogP contribution in [0.1, 0.15) is 12.5 Å². The summed E-state index contributed by atoms with van der Waals surface area (Å²) in [6.45, 7) is 0. The molecule has 1 saturated heterocycles. The molecule has 0 spiro atoms. The lowest BCUT2D eigenvalue weighted by Crippen LogP contribution is -2.14. The number of anilines is 1. The third-order valence-corrected chi connectivity index (χ3v) is 6.77. The third-order valence-electron chi connectivity index (χ3n) is 4.16. The summed E-state index contributed by atoms with van der Waals surface area (Å²) in [5.74, 6) is 1.48. The van der Waals surface area contributed by atoms with E-state index in [1.54, 1.807) is 4.68 Å². The summed E-state index contributed by atoms with van der Waals surface area (Å²) in [5, 5.41) is 10.3. The second-order valence-electron chi connectivity index (χ2n) is 5.91. The number of nitrogens with zero attached hydrogens (tertiary/aromatic N) is 4. The number of hydrogen-bond acceptors (Lipinski definition) is 7. The van der Waals surface area contributed by atoms with Crippen molar-refractivity contribution in [2.24, 2.45) is 0 Å². The highest BCUT2D eigenvalue weighted by Gasteiger charge is 2.32. The number of rotatable bonds is 4. The van der Waals surface area contributed by atoms with Gasteiger partial charge in [-0.25, -0.2) is 23.1 Å². The van der Waals surface area contributed by atoms with Crippen LogP contribution in [-0.2, 0) is 9.84 Å². The molecule has 0 bridgehead atoms. The van der Waals surface area contributed by atoms with Crippen molar-refractivity contribution in [3.05, 3.63) is 35.7 Å². The SMILES string of the molecule is CNc1nc(-c2nc(-c3ccccc3)nn2[C@@H]2CCS(=O)(=O)C2)cs1. The molecule has 1 fully saturated rings. The van der Waals surface area contributed by atoms with E-state index in [0.29, 0.717) is 23.8 Å². The van der Waals surface area contributed by atoms with Crippen molar-refractivity contribution < 1.29 is 8.42 Å². The van der Waals surface area contributed by atoms with Crippen LogP contribution >= 0.6 is 11.3 Å². The van der Waals surface area contributed by atoms with Gasteiger partial charge in [0.15, 0.2) is 26.6 Å². The molecule has 0 amide bonds. The monoisotopic (exact) mass is 375 g/mol. The Morgan fingerprint density at radius 3 is 2.68 bits per heavy atom. The van der Waals surface area contributed by atoms with Gasteiger partial charge in [0.05, 0.1) is 17.5 Å². The summed E-state index contributed by atoms with van der Waals surface area (Å²) in [5.41, 5.74) is 1.60. The largest absolute Gasteiger partial charge is 0.365 e. The number of sulfone groups is 1. The molecule has 1 aromatic carbocycles. The molecule has 0 saturated carbocycles. The van der Waals surface area contributed by atoms with Crippen molar-refractivity contribution in [2.45, 2.75) is 12.5 Å². The van der Waals surface area contributed by atoms with Gasteiger partial charge >= 0.3 is 0 Å². The molecule has 1 aliphatic rings. The highest BCUT2D eigenvalue weighted by molar-refractivity contribution is 7.91. The van der Waals surface area contributed by atoms with Crippen LogP contribution in [0, 0.1) is 0 Å². The molecule has 3 aromatic rings. The van der Waals surface area contributed by atoms with E-state index >= 15 is 0 Å². The Balaban J connectivity index is 1.81. The number of aromatic nitrogens is 4. The Hall–Kier alpha value is -2.26. The first-order valence-corrected chi connectivity index (χ1v) is 10.6. The molecule has 2 aromatic heterocycles. The maximum Gasteiger partial charge on any atom is 0.183 e.